The predicted octanol–water partition coefficient (Wildman–Crippen LogP) is 2.15. The molecule has 3 rings (SSSR count). The number of likely N-dealkylation sites (N-methyl/N-ethyl adjacent to an activating group) is 1. The number of pyridine rings is 1. The van der Waals surface area contributed by atoms with Crippen molar-refractivity contribution >= 4 is 5.65 Å². The number of imidazole rings is 1. The molecule has 4 nitrogen and oxygen atoms in total. The van der Waals surface area contributed by atoms with E-state index in [1.54, 1.807) is 7.11 Å². The number of hydrogen-bond donors (Lipinski definition) is 0. The second kappa shape index (κ2) is 4.61. The second-order valence-electron chi connectivity index (χ2n) is 5.07. The number of nitrogens with zero attached hydrogens (tertiary/aromatic N) is 3. The average Bonchev–Trinajstić information content (AvgIpc) is 2.82. The lowest BCUT2D eigenvalue weighted by atomic mass is 9.96. The molecule has 0 saturated carbocycles. The Labute approximate surface area is 107 Å². The molecular weight excluding hydrogens is 226 g/mol. The van der Waals surface area contributed by atoms with E-state index in [0.29, 0.717) is 5.92 Å². The Morgan fingerprint density at radius 1 is 1.44 bits per heavy atom. The molecular formula is C14H19N3O. The molecule has 1 aliphatic rings. The third-order valence-corrected chi connectivity index (χ3v) is 3.73. The van der Waals surface area contributed by atoms with Gasteiger partial charge in [0, 0.05) is 24.9 Å². The summed E-state index contributed by atoms with van der Waals surface area (Å²) in [6, 6.07) is 3.95. The van der Waals surface area contributed by atoms with Crippen LogP contribution in [0.15, 0.2) is 24.5 Å². The monoisotopic (exact) mass is 245 g/mol. The number of piperidine rings is 1. The molecule has 0 amide bonds. The lowest BCUT2D eigenvalue weighted by molar-refractivity contribution is 0.249. The predicted molar refractivity (Wildman–Crippen MR) is 71.2 cm³/mol. The fourth-order valence-electron chi connectivity index (χ4n) is 2.77. The molecule has 18 heavy (non-hydrogen) atoms. The third kappa shape index (κ3) is 1.97. The van der Waals surface area contributed by atoms with Crippen molar-refractivity contribution in [2.75, 3.05) is 27.2 Å². The van der Waals surface area contributed by atoms with Gasteiger partial charge in [-0.05, 0) is 38.6 Å². The molecule has 1 aliphatic heterocycles. The Hall–Kier alpha value is -1.55. The largest absolute Gasteiger partial charge is 0.493 e. The summed E-state index contributed by atoms with van der Waals surface area (Å²) in [5.41, 5.74) is 2.11. The molecule has 2 aromatic heterocycles. The van der Waals surface area contributed by atoms with Crippen LogP contribution in [0.3, 0.4) is 0 Å². The zero-order valence-electron chi connectivity index (χ0n) is 11.0. The van der Waals surface area contributed by atoms with Crippen LogP contribution in [0.4, 0.5) is 0 Å². The zero-order valence-corrected chi connectivity index (χ0v) is 11.0. The molecule has 4 heteroatoms. The maximum atomic E-state index is 5.36. The fraction of sp³-hybridized carbons (Fsp3) is 0.500. The van der Waals surface area contributed by atoms with Crippen molar-refractivity contribution in [1.82, 2.24) is 14.3 Å². The van der Waals surface area contributed by atoms with Gasteiger partial charge >= 0.3 is 0 Å². The lowest BCUT2D eigenvalue weighted by Gasteiger charge is -2.28. The van der Waals surface area contributed by atoms with Gasteiger partial charge in [-0.1, -0.05) is 0 Å². The van der Waals surface area contributed by atoms with Gasteiger partial charge in [-0.15, -0.1) is 0 Å². The van der Waals surface area contributed by atoms with E-state index in [9.17, 15) is 0 Å². The van der Waals surface area contributed by atoms with E-state index in [4.69, 9.17) is 9.72 Å². The summed E-state index contributed by atoms with van der Waals surface area (Å²) in [5.74, 6) is 1.39. The topological polar surface area (TPSA) is 29.8 Å². The smallest absolute Gasteiger partial charge is 0.179 e. The highest BCUT2D eigenvalue weighted by Crippen LogP contribution is 2.27. The third-order valence-electron chi connectivity index (χ3n) is 3.73. The minimum absolute atomic E-state index is 0.549. The van der Waals surface area contributed by atoms with E-state index in [1.807, 2.05) is 18.3 Å². The van der Waals surface area contributed by atoms with E-state index in [-0.39, 0.29) is 0 Å². The van der Waals surface area contributed by atoms with Gasteiger partial charge in [0.15, 0.2) is 11.4 Å². The van der Waals surface area contributed by atoms with Gasteiger partial charge < -0.3 is 14.0 Å². The van der Waals surface area contributed by atoms with Crippen LogP contribution >= 0.6 is 0 Å². The van der Waals surface area contributed by atoms with Crippen molar-refractivity contribution in [3.05, 3.63) is 30.2 Å². The first-order valence-corrected chi connectivity index (χ1v) is 6.48. The molecule has 0 bridgehead atoms. The van der Waals surface area contributed by atoms with E-state index in [0.717, 1.165) is 17.9 Å². The SMILES string of the molecule is COc1cccn2cc(C3CCCN(C)C3)nc12. The van der Waals surface area contributed by atoms with Crippen LogP contribution in [-0.4, -0.2) is 41.5 Å². The van der Waals surface area contributed by atoms with Crippen LogP contribution in [0.1, 0.15) is 24.5 Å². The first-order chi connectivity index (χ1) is 8.78. The maximum absolute atomic E-state index is 5.36. The Morgan fingerprint density at radius 3 is 3.11 bits per heavy atom. The van der Waals surface area contributed by atoms with Crippen molar-refractivity contribution in [2.45, 2.75) is 18.8 Å². The Bertz CT molecular complexity index is 549. The molecule has 1 saturated heterocycles. The van der Waals surface area contributed by atoms with Crippen molar-refractivity contribution in [3.8, 4) is 5.75 Å². The summed E-state index contributed by atoms with van der Waals surface area (Å²) in [5, 5.41) is 0. The van der Waals surface area contributed by atoms with E-state index in [1.165, 1.54) is 25.1 Å². The van der Waals surface area contributed by atoms with Crippen LogP contribution in [0.5, 0.6) is 5.75 Å². The van der Waals surface area contributed by atoms with Gasteiger partial charge in [-0.2, -0.15) is 0 Å². The summed E-state index contributed by atoms with van der Waals surface area (Å²) >= 11 is 0. The number of ether oxygens (including phenoxy) is 1. The first kappa shape index (κ1) is 11.5. The summed E-state index contributed by atoms with van der Waals surface area (Å²) in [4.78, 5) is 7.14. The molecule has 2 aromatic rings. The van der Waals surface area contributed by atoms with Gasteiger partial charge in [0.1, 0.15) is 0 Å². The Morgan fingerprint density at radius 2 is 2.33 bits per heavy atom. The summed E-state index contributed by atoms with van der Waals surface area (Å²) in [6.07, 6.45) is 6.66. The first-order valence-electron chi connectivity index (χ1n) is 6.48. The average molecular weight is 245 g/mol. The van der Waals surface area contributed by atoms with Crippen LogP contribution < -0.4 is 4.74 Å². The minimum Gasteiger partial charge on any atom is -0.493 e. The quantitative estimate of drug-likeness (QED) is 0.812. The number of hydrogen-bond acceptors (Lipinski definition) is 3. The molecule has 1 fully saturated rings. The maximum Gasteiger partial charge on any atom is 0.179 e. The molecule has 0 spiro atoms. The number of aromatic nitrogens is 2. The van der Waals surface area contributed by atoms with Gasteiger partial charge in [-0.3, -0.25) is 0 Å². The number of likely N-dealkylation sites (tertiary alicyclic amines) is 1. The van der Waals surface area contributed by atoms with E-state index >= 15 is 0 Å². The molecule has 0 aliphatic carbocycles. The molecule has 0 aromatic carbocycles. The summed E-state index contributed by atoms with van der Waals surface area (Å²) in [7, 11) is 3.88. The summed E-state index contributed by atoms with van der Waals surface area (Å²) < 4.78 is 7.41. The Kier molecular flexibility index (Phi) is 2.96. The van der Waals surface area contributed by atoms with E-state index in [2.05, 4.69) is 22.5 Å². The lowest BCUT2D eigenvalue weighted by Crippen LogP contribution is -2.30. The highest BCUT2D eigenvalue weighted by molar-refractivity contribution is 5.54. The van der Waals surface area contributed by atoms with Gasteiger partial charge in [0.05, 0.1) is 12.8 Å². The van der Waals surface area contributed by atoms with Gasteiger partial charge in [0.2, 0.25) is 0 Å². The number of rotatable bonds is 2. The zero-order chi connectivity index (χ0) is 12.5. The van der Waals surface area contributed by atoms with Crippen LogP contribution in [0, 0.1) is 0 Å². The van der Waals surface area contributed by atoms with Crippen LogP contribution in [0.2, 0.25) is 0 Å². The molecule has 3 heterocycles. The molecule has 1 atom stereocenters. The molecule has 0 radical (unpaired) electrons. The molecule has 0 N–H and O–H groups in total. The summed E-state index contributed by atoms with van der Waals surface area (Å²) in [6.45, 7) is 2.30. The van der Waals surface area contributed by atoms with Crippen molar-refractivity contribution < 1.29 is 4.74 Å². The second-order valence-corrected chi connectivity index (χ2v) is 5.07. The standard InChI is InChI=1S/C14H19N3O/c1-16-7-3-5-11(9-16)12-10-17-8-4-6-13(18-2)14(17)15-12/h4,6,8,10-11H,3,5,7,9H2,1-2H3. The van der Waals surface area contributed by atoms with Crippen molar-refractivity contribution in [2.24, 2.45) is 0 Å². The highest BCUT2D eigenvalue weighted by Gasteiger charge is 2.21. The van der Waals surface area contributed by atoms with Crippen LogP contribution in [0.25, 0.3) is 5.65 Å². The molecule has 1 unspecified atom stereocenters. The van der Waals surface area contributed by atoms with Gasteiger partial charge in [0.25, 0.3) is 0 Å². The Balaban J connectivity index is 1.97. The van der Waals surface area contributed by atoms with Crippen molar-refractivity contribution in [1.29, 1.82) is 0 Å². The molecule has 96 valence electrons. The number of fused-ring (bicyclic) bond motifs is 1. The van der Waals surface area contributed by atoms with Gasteiger partial charge in [-0.25, -0.2) is 4.98 Å². The van der Waals surface area contributed by atoms with Crippen LogP contribution in [-0.2, 0) is 0 Å². The van der Waals surface area contributed by atoms with E-state index < -0.39 is 0 Å². The minimum atomic E-state index is 0.549. The highest BCUT2D eigenvalue weighted by atomic mass is 16.5. The van der Waals surface area contributed by atoms with Crippen molar-refractivity contribution in [3.63, 3.8) is 0 Å². The number of methoxy groups -OCH3 is 1. The normalized spacial score (nSPS) is 21.3. The fourth-order valence-corrected chi connectivity index (χ4v) is 2.77.